The number of nitrogens with zero attached hydrogens (tertiary/aromatic N) is 4. The van der Waals surface area contributed by atoms with E-state index in [-0.39, 0.29) is 0 Å². The quantitative estimate of drug-likeness (QED) is 0.486. The van der Waals surface area contributed by atoms with Crippen LogP contribution in [-0.2, 0) is 13.0 Å². The lowest BCUT2D eigenvalue weighted by molar-refractivity contribution is 0.778. The fraction of sp³-hybridized carbons (Fsp3) is 0.350. The van der Waals surface area contributed by atoms with E-state index in [4.69, 9.17) is 0 Å². The highest BCUT2D eigenvalue weighted by atomic mass is 32.1. The molecule has 2 aromatic heterocycles. The molecule has 0 spiro atoms. The summed E-state index contributed by atoms with van der Waals surface area (Å²) in [6, 6.07) is 10.1. The van der Waals surface area contributed by atoms with Crippen LogP contribution in [0.3, 0.4) is 0 Å². The van der Waals surface area contributed by atoms with E-state index in [1.54, 1.807) is 18.4 Å². The zero-order chi connectivity index (χ0) is 19.1. The third-order valence-electron chi connectivity index (χ3n) is 4.15. The molecule has 2 heterocycles. The molecule has 1 aromatic carbocycles. The first-order valence-electron chi connectivity index (χ1n) is 9.13. The van der Waals surface area contributed by atoms with Crippen molar-refractivity contribution in [2.75, 3.05) is 13.6 Å². The van der Waals surface area contributed by atoms with Crippen LogP contribution in [-0.4, -0.2) is 34.3 Å². The Morgan fingerprint density at radius 3 is 2.74 bits per heavy atom. The fourth-order valence-corrected chi connectivity index (χ4v) is 3.48. The number of para-hydroxylation sites is 1. The van der Waals surface area contributed by atoms with Crippen LogP contribution in [0, 0.1) is 0 Å². The van der Waals surface area contributed by atoms with Crippen molar-refractivity contribution < 1.29 is 0 Å². The van der Waals surface area contributed by atoms with Crippen molar-refractivity contribution in [1.29, 1.82) is 0 Å². The van der Waals surface area contributed by atoms with E-state index >= 15 is 0 Å². The van der Waals surface area contributed by atoms with Gasteiger partial charge < -0.3 is 10.6 Å². The number of thiazole rings is 1. The molecule has 6 nitrogen and oxygen atoms in total. The van der Waals surface area contributed by atoms with Crippen LogP contribution in [0.25, 0.3) is 5.69 Å². The first-order chi connectivity index (χ1) is 13.2. The Morgan fingerprint density at radius 2 is 2.04 bits per heavy atom. The molecule has 0 fully saturated rings. The van der Waals surface area contributed by atoms with Gasteiger partial charge in [-0.3, -0.25) is 4.99 Å². The summed E-state index contributed by atoms with van der Waals surface area (Å²) in [5.41, 5.74) is 3.40. The van der Waals surface area contributed by atoms with Crippen molar-refractivity contribution in [2.24, 2.45) is 4.99 Å². The molecule has 0 atom stereocenters. The van der Waals surface area contributed by atoms with Gasteiger partial charge in [0.2, 0.25) is 0 Å². The summed E-state index contributed by atoms with van der Waals surface area (Å²) in [6.45, 7) is 5.79. The zero-order valence-corrected chi connectivity index (χ0v) is 16.8. The molecule has 0 bridgehead atoms. The van der Waals surface area contributed by atoms with Crippen LogP contribution in [0.1, 0.15) is 36.0 Å². The lowest BCUT2D eigenvalue weighted by atomic mass is 10.2. The summed E-state index contributed by atoms with van der Waals surface area (Å²) >= 11 is 1.68. The highest BCUT2D eigenvalue weighted by Crippen LogP contribution is 2.17. The highest BCUT2D eigenvalue weighted by molar-refractivity contribution is 7.09. The largest absolute Gasteiger partial charge is 0.356 e. The molecular formula is C20H26N6S. The maximum atomic E-state index is 4.64. The van der Waals surface area contributed by atoms with Gasteiger partial charge >= 0.3 is 0 Å². The zero-order valence-electron chi connectivity index (χ0n) is 16.0. The van der Waals surface area contributed by atoms with Crippen LogP contribution in [0.2, 0.25) is 0 Å². The van der Waals surface area contributed by atoms with E-state index in [1.807, 2.05) is 41.2 Å². The van der Waals surface area contributed by atoms with Crippen molar-refractivity contribution in [3.05, 3.63) is 64.4 Å². The van der Waals surface area contributed by atoms with E-state index in [0.717, 1.165) is 35.3 Å². The fourth-order valence-electron chi connectivity index (χ4n) is 2.59. The monoisotopic (exact) mass is 382 g/mol. The van der Waals surface area contributed by atoms with Gasteiger partial charge in [0, 0.05) is 25.2 Å². The third kappa shape index (κ3) is 5.40. The van der Waals surface area contributed by atoms with Crippen LogP contribution < -0.4 is 10.6 Å². The second kappa shape index (κ2) is 9.32. The van der Waals surface area contributed by atoms with Crippen molar-refractivity contribution in [3.63, 3.8) is 0 Å². The molecule has 0 amide bonds. The maximum absolute atomic E-state index is 4.64. The predicted molar refractivity (Wildman–Crippen MR) is 112 cm³/mol. The number of aromatic nitrogens is 3. The third-order valence-corrected chi connectivity index (χ3v) is 5.02. The number of hydrogen-bond donors (Lipinski definition) is 2. The van der Waals surface area contributed by atoms with Gasteiger partial charge in [-0.25, -0.2) is 9.67 Å². The van der Waals surface area contributed by atoms with Crippen LogP contribution >= 0.6 is 11.3 Å². The van der Waals surface area contributed by atoms with Gasteiger partial charge in [-0.2, -0.15) is 5.10 Å². The van der Waals surface area contributed by atoms with Gasteiger partial charge in [-0.05, 0) is 30.0 Å². The van der Waals surface area contributed by atoms with Gasteiger partial charge in [-0.15, -0.1) is 11.3 Å². The van der Waals surface area contributed by atoms with E-state index in [0.29, 0.717) is 12.5 Å². The Hall–Kier alpha value is -2.67. The first kappa shape index (κ1) is 19.1. The van der Waals surface area contributed by atoms with E-state index in [9.17, 15) is 0 Å². The number of nitrogens with one attached hydrogen (secondary N) is 2. The molecule has 2 N–H and O–H groups in total. The Balaban J connectivity index is 1.45. The summed E-state index contributed by atoms with van der Waals surface area (Å²) < 4.78 is 1.90. The molecule has 0 saturated carbocycles. The molecule has 7 heteroatoms. The summed E-state index contributed by atoms with van der Waals surface area (Å²) in [5.74, 6) is 1.25. The van der Waals surface area contributed by atoms with Gasteiger partial charge in [0.25, 0.3) is 0 Å². The van der Waals surface area contributed by atoms with Crippen molar-refractivity contribution in [1.82, 2.24) is 25.4 Å². The molecule has 3 rings (SSSR count). The normalized spacial score (nSPS) is 11.8. The Kier molecular flexibility index (Phi) is 6.59. The molecule has 0 aliphatic heterocycles. The van der Waals surface area contributed by atoms with E-state index in [2.05, 4.69) is 51.1 Å². The van der Waals surface area contributed by atoms with Crippen LogP contribution in [0.15, 0.2) is 53.1 Å². The minimum Gasteiger partial charge on any atom is -0.356 e. The second-order valence-corrected chi connectivity index (χ2v) is 7.49. The summed E-state index contributed by atoms with van der Waals surface area (Å²) in [4.78, 5) is 8.92. The second-order valence-electron chi connectivity index (χ2n) is 6.55. The Morgan fingerprint density at radius 1 is 1.22 bits per heavy atom. The first-order valence-corrected chi connectivity index (χ1v) is 10.0. The van der Waals surface area contributed by atoms with Crippen molar-refractivity contribution in [3.8, 4) is 5.69 Å². The molecule has 0 aliphatic carbocycles. The lowest BCUT2D eigenvalue weighted by Gasteiger charge is -2.10. The van der Waals surface area contributed by atoms with Gasteiger partial charge in [0.15, 0.2) is 5.96 Å². The molecule has 0 saturated heterocycles. The van der Waals surface area contributed by atoms with Crippen LogP contribution in [0.5, 0.6) is 0 Å². The Bertz CT molecular complexity index is 865. The molecule has 27 heavy (non-hydrogen) atoms. The summed E-state index contributed by atoms with van der Waals surface area (Å²) in [7, 11) is 1.78. The summed E-state index contributed by atoms with van der Waals surface area (Å²) in [5, 5.41) is 14.3. The van der Waals surface area contributed by atoms with E-state index in [1.165, 1.54) is 5.56 Å². The molecular weight excluding hydrogens is 356 g/mol. The SMILES string of the molecule is CN=C(NCCc1cnn(-c2ccccc2)c1)NCc1nc(C(C)C)cs1. The lowest BCUT2D eigenvalue weighted by Crippen LogP contribution is -2.37. The molecule has 3 aromatic rings. The standard InChI is InChI=1S/C20H26N6S/c1-15(2)18-14-27-19(25-18)12-23-20(21-3)22-10-9-16-11-24-26(13-16)17-7-5-4-6-8-17/h4-8,11,13-15H,9-10,12H2,1-3H3,(H2,21,22,23). The maximum Gasteiger partial charge on any atom is 0.191 e. The molecule has 0 radical (unpaired) electrons. The van der Waals surface area contributed by atoms with Gasteiger partial charge in [0.1, 0.15) is 5.01 Å². The average molecular weight is 383 g/mol. The number of benzene rings is 1. The number of rotatable bonds is 7. The van der Waals surface area contributed by atoms with Gasteiger partial charge in [0.05, 0.1) is 24.1 Å². The number of hydrogen-bond acceptors (Lipinski definition) is 4. The highest BCUT2D eigenvalue weighted by Gasteiger charge is 2.06. The Labute approximate surface area is 164 Å². The minimum atomic E-state index is 0.462. The average Bonchev–Trinajstić information content (AvgIpc) is 3.35. The molecule has 0 unspecified atom stereocenters. The number of aliphatic imine (C=N–C) groups is 1. The number of guanidine groups is 1. The predicted octanol–water partition coefficient (Wildman–Crippen LogP) is 3.36. The van der Waals surface area contributed by atoms with Crippen molar-refractivity contribution in [2.45, 2.75) is 32.7 Å². The van der Waals surface area contributed by atoms with E-state index < -0.39 is 0 Å². The smallest absolute Gasteiger partial charge is 0.191 e. The minimum absolute atomic E-state index is 0.462. The van der Waals surface area contributed by atoms with Crippen molar-refractivity contribution >= 4 is 17.3 Å². The topological polar surface area (TPSA) is 67.1 Å². The van der Waals surface area contributed by atoms with Gasteiger partial charge in [-0.1, -0.05) is 32.0 Å². The van der Waals surface area contributed by atoms with Crippen LogP contribution in [0.4, 0.5) is 0 Å². The molecule has 142 valence electrons. The summed E-state index contributed by atoms with van der Waals surface area (Å²) in [6.07, 6.45) is 4.85. The molecule has 0 aliphatic rings.